The summed E-state index contributed by atoms with van der Waals surface area (Å²) in [5.74, 6) is 0.0548. The Labute approximate surface area is 205 Å². The Bertz CT molecular complexity index is 1350. The number of nitrogens with zero attached hydrogens (tertiary/aromatic N) is 4. The monoisotopic (exact) mass is 503 g/mol. The lowest BCUT2D eigenvalue weighted by molar-refractivity contribution is -0.137. The molecule has 0 unspecified atom stereocenters. The molecule has 0 aliphatic carbocycles. The first-order valence-corrected chi connectivity index (χ1v) is 11.8. The van der Waals surface area contributed by atoms with Crippen LogP contribution in [-0.4, -0.2) is 49.4 Å². The molecule has 0 radical (unpaired) electrons. The predicted molar refractivity (Wildman–Crippen MR) is 126 cm³/mol. The Kier molecular flexibility index (Phi) is 7.01. The minimum atomic E-state index is -4.56. The fourth-order valence-corrected chi connectivity index (χ4v) is 4.73. The summed E-state index contributed by atoms with van der Waals surface area (Å²) in [6, 6.07) is 1.79. The zero-order valence-corrected chi connectivity index (χ0v) is 20.4. The number of likely N-dealkylation sites (tertiary alicyclic amines) is 1. The van der Waals surface area contributed by atoms with Gasteiger partial charge in [0.2, 0.25) is 5.91 Å². The second-order valence-corrected chi connectivity index (χ2v) is 9.64. The van der Waals surface area contributed by atoms with Crippen molar-refractivity contribution >= 4 is 22.6 Å². The van der Waals surface area contributed by atoms with Crippen molar-refractivity contribution < 1.29 is 22.8 Å². The normalized spacial score (nSPS) is 15.9. The molecule has 0 spiro atoms. The van der Waals surface area contributed by atoms with Crippen LogP contribution in [0.1, 0.15) is 53.5 Å². The van der Waals surface area contributed by atoms with Gasteiger partial charge in [-0.2, -0.15) is 18.3 Å². The Balaban J connectivity index is 1.37. The summed E-state index contributed by atoms with van der Waals surface area (Å²) < 4.78 is 40.9. The highest BCUT2D eigenvalue weighted by atomic mass is 19.4. The number of alkyl halides is 3. The van der Waals surface area contributed by atoms with Gasteiger partial charge in [-0.3, -0.25) is 19.1 Å². The quantitative estimate of drug-likeness (QED) is 0.518. The van der Waals surface area contributed by atoms with Crippen LogP contribution < -0.4 is 5.56 Å². The number of amides is 1. The highest BCUT2D eigenvalue weighted by molar-refractivity contribution is 5.97. The summed E-state index contributed by atoms with van der Waals surface area (Å²) in [5.41, 5.74) is -0.460. The lowest BCUT2D eigenvalue weighted by Crippen LogP contribution is -2.40. The third-order valence-electron chi connectivity index (χ3n) is 6.65. The molecule has 1 aliphatic rings. The van der Waals surface area contributed by atoms with Crippen molar-refractivity contribution in [3.63, 3.8) is 0 Å². The molecule has 0 saturated carbocycles. The number of benzene rings is 1. The fraction of sp³-hybridized carbons (Fsp3) is 0.480. The summed E-state index contributed by atoms with van der Waals surface area (Å²) in [6.45, 7) is 4.34. The Morgan fingerprint density at radius 1 is 1.22 bits per heavy atom. The number of aromatic nitrogens is 4. The number of H-pyrrole nitrogens is 1. The molecule has 192 valence electrons. The van der Waals surface area contributed by atoms with Crippen LogP contribution in [0.25, 0.3) is 10.9 Å². The average molecular weight is 504 g/mol. The number of nitrogens with one attached hydrogen (secondary N) is 1. The van der Waals surface area contributed by atoms with Crippen LogP contribution in [0.15, 0.2) is 29.3 Å². The van der Waals surface area contributed by atoms with E-state index < -0.39 is 17.3 Å². The van der Waals surface area contributed by atoms with Crippen LogP contribution in [-0.2, 0) is 24.4 Å². The van der Waals surface area contributed by atoms with E-state index in [4.69, 9.17) is 0 Å². The van der Waals surface area contributed by atoms with E-state index in [1.165, 1.54) is 6.92 Å². The van der Waals surface area contributed by atoms with Gasteiger partial charge in [0.05, 0.1) is 28.2 Å². The van der Waals surface area contributed by atoms with Crippen LogP contribution >= 0.6 is 0 Å². The van der Waals surface area contributed by atoms with Crippen molar-refractivity contribution in [3.8, 4) is 0 Å². The number of aromatic amines is 1. The lowest BCUT2D eigenvalue weighted by atomic mass is 9.89. The highest BCUT2D eigenvalue weighted by Crippen LogP contribution is 2.32. The SMILES string of the molecule is Cc1cc(C(F)(F)F)cc2c(=O)[nH]c(C[C@H](C)CC(=O)N3CCC(C(=O)c4cnn(C)c4)CC3)nc12. The summed E-state index contributed by atoms with van der Waals surface area (Å²) in [7, 11) is 1.76. The first-order valence-electron chi connectivity index (χ1n) is 11.8. The van der Waals surface area contributed by atoms with Gasteiger partial charge in [0.1, 0.15) is 5.82 Å². The number of piperidine rings is 1. The van der Waals surface area contributed by atoms with Crippen molar-refractivity contribution in [1.29, 1.82) is 0 Å². The van der Waals surface area contributed by atoms with Crippen LogP contribution in [0.2, 0.25) is 0 Å². The predicted octanol–water partition coefficient (Wildman–Crippen LogP) is 3.67. The molecule has 1 fully saturated rings. The minimum Gasteiger partial charge on any atom is -0.343 e. The number of rotatable bonds is 6. The number of fused-ring (bicyclic) bond motifs is 1. The fourth-order valence-electron chi connectivity index (χ4n) is 4.73. The van der Waals surface area contributed by atoms with Crippen LogP contribution in [0, 0.1) is 18.8 Å². The molecule has 36 heavy (non-hydrogen) atoms. The van der Waals surface area contributed by atoms with Crippen LogP contribution in [0.5, 0.6) is 0 Å². The lowest BCUT2D eigenvalue weighted by Gasteiger charge is -2.32. The van der Waals surface area contributed by atoms with Gasteiger partial charge >= 0.3 is 6.18 Å². The Morgan fingerprint density at radius 2 is 1.92 bits per heavy atom. The van der Waals surface area contributed by atoms with Gasteiger partial charge in [0, 0.05) is 45.1 Å². The second-order valence-electron chi connectivity index (χ2n) is 9.64. The molecular weight excluding hydrogens is 475 g/mol. The van der Waals surface area contributed by atoms with Gasteiger partial charge in [-0.15, -0.1) is 0 Å². The molecule has 1 N–H and O–H groups in total. The Hall–Kier alpha value is -3.50. The molecule has 1 aliphatic heterocycles. The molecule has 0 bridgehead atoms. The second kappa shape index (κ2) is 9.87. The number of halogens is 3. The van der Waals surface area contributed by atoms with Gasteiger partial charge in [-0.1, -0.05) is 6.92 Å². The number of carbonyl (C=O) groups excluding carboxylic acids is 2. The molecule has 8 nitrogen and oxygen atoms in total. The molecule has 2 aromatic heterocycles. The summed E-state index contributed by atoms with van der Waals surface area (Å²) in [4.78, 5) is 46.7. The standard InChI is InChI=1S/C25H28F3N5O3/c1-14(8-20-30-22-15(2)10-18(25(26,27)28)11-19(22)24(36)31-20)9-21(34)33-6-4-16(5-7-33)23(35)17-12-29-32(3)13-17/h10-14,16H,4-9H2,1-3H3,(H,30,31,36)/t14-/m0/s1. The summed E-state index contributed by atoms with van der Waals surface area (Å²) >= 11 is 0. The third kappa shape index (κ3) is 5.50. The number of hydrogen-bond donors (Lipinski definition) is 1. The van der Waals surface area contributed by atoms with Crippen molar-refractivity contribution in [1.82, 2.24) is 24.6 Å². The molecule has 1 amide bonds. The first kappa shape index (κ1) is 25.6. The van der Waals surface area contributed by atoms with Gasteiger partial charge in [0.25, 0.3) is 5.56 Å². The highest BCUT2D eigenvalue weighted by Gasteiger charge is 2.32. The molecule has 11 heteroatoms. The molecule has 3 heterocycles. The average Bonchev–Trinajstić information content (AvgIpc) is 3.24. The topological polar surface area (TPSA) is 101 Å². The van der Waals surface area contributed by atoms with Crippen LogP contribution in [0.3, 0.4) is 0 Å². The number of aryl methyl sites for hydroxylation is 2. The maximum absolute atomic E-state index is 13.1. The number of ketones is 1. The van der Waals surface area contributed by atoms with E-state index in [1.54, 1.807) is 29.0 Å². The zero-order chi connectivity index (χ0) is 26.2. The van der Waals surface area contributed by atoms with E-state index in [0.717, 1.165) is 12.1 Å². The van der Waals surface area contributed by atoms with E-state index in [2.05, 4.69) is 15.1 Å². The largest absolute Gasteiger partial charge is 0.416 e. The molecule has 1 aromatic carbocycles. The van der Waals surface area contributed by atoms with E-state index in [0.29, 0.717) is 43.7 Å². The van der Waals surface area contributed by atoms with E-state index in [1.807, 2.05) is 6.92 Å². The minimum absolute atomic E-state index is 0.0380. The van der Waals surface area contributed by atoms with Gasteiger partial charge in [-0.05, 0) is 43.4 Å². The number of hydrogen-bond acceptors (Lipinski definition) is 5. The van der Waals surface area contributed by atoms with Crippen LogP contribution in [0.4, 0.5) is 13.2 Å². The maximum atomic E-state index is 13.1. The maximum Gasteiger partial charge on any atom is 0.416 e. The zero-order valence-electron chi connectivity index (χ0n) is 20.4. The third-order valence-corrected chi connectivity index (χ3v) is 6.65. The van der Waals surface area contributed by atoms with E-state index >= 15 is 0 Å². The van der Waals surface area contributed by atoms with Gasteiger partial charge in [0.15, 0.2) is 5.78 Å². The molecule has 3 aromatic rings. The van der Waals surface area contributed by atoms with Crippen molar-refractivity contribution in [2.24, 2.45) is 18.9 Å². The number of carbonyl (C=O) groups is 2. The van der Waals surface area contributed by atoms with Crippen molar-refractivity contribution in [2.45, 2.75) is 45.7 Å². The van der Waals surface area contributed by atoms with Crippen molar-refractivity contribution in [3.05, 3.63) is 57.4 Å². The summed E-state index contributed by atoms with van der Waals surface area (Å²) in [6.07, 6.45) is 0.410. The van der Waals surface area contributed by atoms with Gasteiger partial charge < -0.3 is 9.88 Å². The van der Waals surface area contributed by atoms with Gasteiger partial charge in [-0.25, -0.2) is 4.98 Å². The number of Topliss-reactive ketones (excluding diaryl/α,β-unsaturated/α-hetero) is 1. The first-order chi connectivity index (χ1) is 16.9. The molecule has 4 rings (SSSR count). The van der Waals surface area contributed by atoms with Crippen molar-refractivity contribution in [2.75, 3.05) is 13.1 Å². The smallest absolute Gasteiger partial charge is 0.343 e. The summed E-state index contributed by atoms with van der Waals surface area (Å²) in [5, 5.41) is 3.93. The Morgan fingerprint density at radius 3 is 2.53 bits per heavy atom. The van der Waals surface area contributed by atoms with E-state index in [-0.39, 0.29) is 46.4 Å². The molecule has 1 atom stereocenters. The molecule has 1 saturated heterocycles. The van der Waals surface area contributed by atoms with E-state index in [9.17, 15) is 27.6 Å². The molecular formula is C25H28F3N5O3.